The summed E-state index contributed by atoms with van der Waals surface area (Å²) >= 11 is 1.52. The number of hydrazone groups is 1. The van der Waals surface area contributed by atoms with Crippen LogP contribution in [-0.2, 0) is 14.8 Å². The van der Waals surface area contributed by atoms with Crippen LogP contribution in [0.5, 0.6) is 5.75 Å². The van der Waals surface area contributed by atoms with Crippen molar-refractivity contribution < 1.29 is 17.9 Å². The summed E-state index contributed by atoms with van der Waals surface area (Å²) in [5.41, 5.74) is 4.48. The fourth-order valence-corrected chi connectivity index (χ4v) is 4.91. The van der Waals surface area contributed by atoms with Crippen molar-refractivity contribution in [3.63, 3.8) is 0 Å². The molecule has 7 nitrogen and oxygen atoms in total. The fourth-order valence-electron chi connectivity index (χ4n) is 3.09. The minimum absolute atomic E-state index is 0.100. The van der Waals surface area contributed by atoms with Gasteiger partial charge in [-0.05, 0) is 67.3 Å². The van der Waals surface area contributed by atoms with E-state index in [0.717, 1.165) is 14.8 Å². The molecule has 0 aliphatic carbocycles. The number of anilines is 1. The first-order valence-corrected chi connectivity index (χ1v) is 13.4. The summed E-state index contributed by atoms with van der Waals surface area (Å²) in [5.74, 6) is 0.0644. The number of sulfonamides is 1. The lowest BCUT2D eigenvalue weighted by Gasteiger charge is -2.24. The van der Waals surface area contributed by atoms with Crippen LogP contribution in [0.4, 0.5) is 5.69 Å². The third-order valence-electron chi connectivity index (χ3n) is 4.89. The molecule has 1 amide bonds. The van der Waals surface area contributed by atoms with E-state index in [1.54, 1.807) is 78.9 Å². The largest absolute Gasteiger partial charge is 0.490 e. The second kappa shape index (κ2) is 12.2. The molecule has 0 unspecified atom stereocenters. The Kier molecular flexibility index (Phi) is 9.11. The van der Waals surface area contributed by atoms with Crippen LogP contribution >= 0.6 is 11.8 Å². The summed E-state index contributed by atoms with van der Waals surface area (Å²) in [6, 6.07) is 20.7. The first-order chi connectivity index (χ1) is 16.8. The van der Waals surface area contributed by atoms with E-state index in [1.165, 1.54) is 18.0 Å². The van der Waals surface area contributed by atoms with Crippen LogP contribution in [0.3, 0.4) is 0 Å². The van der Waals surface area contributed by atoms with E-state index in [-0.39, 0.29) is 4.90 Å². The highest BCUT2D eigenvalue weighted by atomic mass is 32.2. The monoisotopic (exact) mass is 509 g/mol. The highest BCUT2D eigenvalue weighted by Gasteiger charge is 2.27. The van der Waals surface area contributed by atoms with Gasteiger partial charge in [0.05, 0.1) is 16.8 Å². The van der Waals surface area contributed by atoms with Crippen molar-refractivity contribution in [2.75, 3.05) is 23.7 Å². The molecule has 0 spiro atoms. The summed E-state index contributed by atoms with van der Waals surface area (Å²) in [5, 5.41) is 3.98. The molecule has 3 rings (SSSR count). The smallest absolute Gasteiger partial charge is 0.264 e. The van der Waals surface area contributed by atoms with E-state index in [0.29, 0.717) is 23.6 Å². The second-order valence-corrected chi connectivity index (χ2v) is 10.2. The first-order valence-electron chi connectivity index (χ1n) is 10.7. The summed E-state index contributed by atoms with van der Waals surface area (Å²) < 4.78 is 33.5. The lowest BCUT2D eigenvalue weighted by atomic mass is 10.2. The zero-order valence-corrected chi connectivity index (χ0v) is 21.2. The third kappa shape index (κ3) is 7.21. The molecule has 3 aromatic carbocycles. The predicted octanol–water partition coefficient (Wildman–Crippen LogP) is 4.63. The Morgan fingerprint density at radius 2 is 1.83 bits per heavy atom. The molecule has 9 heteroatoms. The van der Waals surface area contributed by atoms with Crippen LogP contribution in [0.1, 0.15) is 11.1 Å². The number of thioether (sulfide) groups is 1. The van der Waals surface area contributed by atoms with Gasteiger partial charge < -0.3 is 4.74 Å². The number of ether oxygens (including phenoxy) is 1. The fraction of sp³-hybridized carbons (Fsp3) is 0.154. The summed E-state index contributed by atoms with van der Waals surface area (Å²) in [6.07, 6.45) is 5.02. The molecule has 0 saturated carbocycles. The summed E-state index contributed by atoms with van der Waals surface area (Å²) in [4.78, 5) is 13.7. The van der Waals surface area contributed by atoms with Gasteiger partial charge in [0.2, 0.25) is 0 Å². The molecular weight excluding hydrogens is 482 g/mol. The summed E-state index contributed by atoms with van der Waals surface area (Å²) in [6.45, 7) is 5.46. The molecule has 3 aromatic rings. The first kappa shape index (κ1) is 26.1. The van der Waals surface area contributed by atoms with E-state index < -0.39 is 22.5 Å². The number of hydrogen-bond acceptors (Lipinski definition) is 6. The van der Waals surface area contributed by atoms with Crippen molar-refractivity contribution in [2.24, 2.45) is 5.10 Å². The lowest BCUT2D eigenvalue weighted by Crippen LogP contribution is -2.39. The van der Waals surface area contributed by atoms with Gasteiger partial charge in [-0.1, -0.05) is 42.5 Å². The zero-order chi connectivity index (χ0) is 25.3. The summed E-state index contributed by atoms with van der Waals surface area (Å²) in [7, 11) is -3.99. The normalized spacial score (nSPS) is 11.3. The van der Waals surface area contributed by atoms with E-state index in [1.807, 2.05) is 13.2 Å². The molecule has 0 aliphatic heterocycles. The Hall–Kier alpha value is -3.56. The molecule has 0 atom stereocenters. The number of nitrogens with zero attached hydrogens (tertiary/aromatic N) is 2. The Balaban J connectivity index is 1.78. The maximum absolute atomic E-state index is 13.5. The second-order valence-electron chi connectivity index (χ2n) is 7.49. The van der Waals surface area contributed by atoms with Crippen LogP contribution in [0, 0.1) is 6.92 Å². The van der Waals surface area contributed by atoms with Crippen molar-refractivity contribution in [1.29, 1.82) is 0 Å². The van der Waals surface area contributed by atoms with Crippen LogP contribution in [0.15, 0.2) is 100 Å². The number of aryl methyl sites for hydroxylation is 1. The number of carbonyl (C=O) groups is 1. The maximum Gasteiger partial charge on any atom is 0.264 e. The number of carbonyl (C=O) groups excluding carboxylic acids is 1. The lowest BCUT2D eigenvalue weighted by molar-refractivity contribution is -0.119. The average molecular weight is 510 g/mol. The molecule has 1 N–H and O–H groups in total. The molecule has 0 aliphatic rings. The highest BCUT2D eigenvalue weighted by molar-refractivity contribution is 7.98. The Morgan fingerprint density at radius 3 is 2.49 bits per heavy atom. The number of rotatable bonds is 11. The maximum atomic E-state index is 13.5. The van der Waals surface area contributed by atoms with E-state index in [9.17, 15) is 13.2 Å². The third-order valence-corrected chi connectivity index (χ3v) is 7.42. The van der Waals surface area contributed by atoms with Crippen molar-refractivity contribution in [3.05, 3.63) is 96.6 Å². The zero-order valence-electron chi connectivity index (χ0n) is 19.5. The van der Waals surface area contributed by atoms with Crippen LogP contribution in [0.25, 0.3) is 0 Å². The Labute approximate surface area is 210 Å². The Bertz CT molecular complexity index is 1290. The van der Waals surface area contributed by atoms with Crippen molar-refractivity contribution >= 4 is 39.6 Å². The standard InChI is InChI=1S/C26H27N3O4S2/c1-4-16-33-23-7-5-6-21(17-23)18-27-28-26(30)19-29(22-10-8-20(2)9-11-22)35(31,32)25-14-12-24(34-3)13-15-25/h4-15,17-18H,1,16,19H2,2-3H3,(H,28,30)/b27-18+. The van der Waals surface area contributed by atoms with Gasteiger partial charge in [-0.25, -0.2) is 13.8 Å². The molecule has 0 aromatic heterocycles. The van der Waals surface area contributed by atoms with Gasteiger partial charge in [0.25, 0.3) is 15.9 Å². The van der Waals surface area contributed by atoms with E-state index in [2.05, 4.69) is 17.1 Å². The van der Waals surface area contributed by atoms with E-state index >= 15 is 0 Å². The number of amides is 1. The van der Waals surface area contributed by atoms with Gasteiger partial charge in [-0.2, -0.15) is 5.10 Å². The van der Waals surface area contributed by atoms with Gasteiger partial charge in [0, 0.05) is 4.90 Å². The van der Waals surface area contributed by atoms with Crippen LogP contribution in [0.2, 0.25) is 0 Å². The van der Waals surface area contributed by atoms with Gasteiger partial charge in [-0.15, -0.1) is 11.8 Å². The van der Waals surface area contributed by atoms with E-state index in [4.69, 9.17) is 4.74 Å². The number of hydrogen-bond donors (Lipinski definition) is 1. The molecule has 0 bridgehead atoms. The van der Waals surface area contributed by atoms with Crippen molar-refractivity contribution in [3.8, 4) is 5.75 Å². The van der Waals surface area contributed by atoms with Crippen LogP contribution in [-0.4, -0.2) is 39.9 Å². The average Bonchev–Trinajstić information content (AvgIpc) is 2.87. The molecule has 0 heterocycles. The van der Waals surface area contributed by atoms with Gasteiger partial charge in [0.15, 0.2) is 0 Å². The van der Waals surface area contributed by atoms with Crippen molar-refractivity contribution in [2.45, 2.75) is 16.7 Å². The molecule has 0 radical (unpaired) electrons. The number of benzene rings is 3. The number of nitrogens with one attached hydrogen (secondary N) is 1. The molecule has 0 saturated heterocycles. The predicted molar refractivity (Wildman–Crippen MR) is 142 cm³/mol. The minimum Gasteiger partial charge on any atom is -0.490 e. The molecule has 0 fully saturated rings. The Morgan fingerprint density at radius 1 is 1.11 bits per heavy atom. The van der Waals surface area contributed by atoms with Gasteiger partial charge in [-0.3, -0.25) is 9.10 Å². The minimum atomic E-state index is -3.99. The van der Waals surface area contributed by atoms with Crippen molar-refractivity contribution in [1.82, 2.24) is 5.43 Å². The SMILES string of the molecule is C=CCOc1cccc(/C=N/NC(=O)CN(c2ccc(C)cc2)S(=O)(=O)c2ccc(SC)cc2)c1. The molecular formula is C26H27N3O4S2. The van der Waals surface area contributed by atoms with Crippen LogP contribution < -0.4 is 14.5 Å². The molecule has 182 valence electrons. The van der Waals surface area contributed by atoms with Gasteiger partial charge >= 0.3 is 0 Å². The highest BCUT2D eigenvalue weighted by Crippen LogP contribution is 2.25. The topological polar surface area (TPSA) is 88.1 Å². The molecule has 35 heavy (non-hydrogen) atoms. The quantitative estimate of drug-likeness (QED) is 0.176. The van der Waals surface area contributed by atoms with Gasteiger partial charge in [0.1, 0.15) is 18.9 Å².